The second-order valence-electron chi connectivity index (χ2n) is 3.41. The summed E-state index contributed by atoms with van der Waals surface area (Å²) in [5.41, 5.74) is -1.32. The summed E-state index contributed by atoms with van der Waals surface area (Å²) in [7, 11) is 1.06. The standard InChI is InChI=1S/C10H7ClF3NO3S/c11-19(16,17)4-3-18-9-2-1-7(6-15)5-8(9)10(12,13)14/h1-2,5H,3-4H2. The van der Waals surface area contributed by atoms with E-state index < -0.39 is 38.9 Å². The zero-order chi connectivity index (χ0) is 14.7. The lowest BCUT2D eigenvalue weighted by Gasteiger charge is -2.13. The van der Waals surface area contributed by atoms with Crippen LogP contribution in [-0.2, 0) is 15.2 Å². The van der Waals surface area contributed by atoms with Crippen molar-refractivity contribution in [1.82, 2.24) is 0 Å². The first-order valence-electron chi connectivity index (χ1n) is 4.80. The van der Waals surface area contributed by atoms with E-state index in [0.717, 1.165) is 12.1 Å². The summed E-state index contributed by atoms with van der Waals surface area (Å²) in [6.07, 6.45) is -4.71. The van der Waals surface area contributed by atoms with Crippen molar-refractivity contribution < 1.29 is 26.3 Å². The van der Waals surface area contributed by atoms with E-state index >= 15 is 0 Å². The van der Waals surface area contributed by atoms with Gasteiger partial charge in [-0.05, 0) is 18.2 Å². The second kappa shape index (κ2) is 5.67. The number of halogens is 4. The first kappa shape index (κ1) is 15.6. The number of hydrogen-bond donors (Lipinski definition) is 0. The first-order chi connectivity index (χ1) is 8.63. The van der Waals surface area contributed by atoms with Crippen LogP contribution in [0.1, 0.15) is 11.1 Å². The number of ether oxygens (including phenoxy) is 1. The minimum Gasteiger partial charge on any atom is -0.492 e. The monoisotopic (exact) mass is 313 g/mol. The van der Waals surface area contributed by atoms with Gasteiger partial charge >= 0.3 is 6.18 Å². The zero-order valence-corrected chi connectivity index (χ0v) is 10.8. The van der Waals surface area contributed by atoms with Gasteiger partial charge in [0.05, 0.1) is 22.9 Å². The molecule has 4 nitrogen and oxygen atoms in total. The lowest BCUT2D eigenvalue weighted by atomic mass is 10.1. The van der Waals surface area contributed by atoms with Crippen molar-refractivity contribution in [2.75, 3.05) is 12.4 Å². The molecule has 0 aliphatic heterocycles. The normalized spacial score (nSPS) is 11.9. The van der Waals surface area contributed by atoms with Crippen molar-refractivity contribution >= 4 is 19.7 Å². The van der Waals surface area contributed by atoms with Gasteiger partial charge in [-0.1, -0.05) is 0 Å². The van der Waals surface area contributed by atoms with E-state index in [1.165, 1.54) is 0 Å². The highest BCUT2D eigenvalue weighted by Gasteiger charge is 2.34. The Balaban J connectivity index is 2.98. The Morgan fingerprint density at radius 1 is 1.37 bits per heavy atom. The molecule has 0 radical (unpaired) electrons. The van der Waals surface area contributed by atoms with Crippen molar-refractivity contribution in [3.63, 3.8) is 0 Å². The van der Waals surface area contributed by atoms with Crippen molar-refractivity contribution in [2.45, 2.75) is 6.18 Å². The molecular weight excluding hydrogens is 307 g/mol. The highest BCUT2D eigenvalue weighted by Crippen LogP contribution is 2.36. The number of nitrogens with zero attached hydrogens (tertiary/aromatic N) is 1. The predicted octanol–water partition coefficient (Wildman–Crippen LogP) is 2.52. The molecule has 19 heavy (non-hydrogen) atoms. The zero-order valence-electron chi connectivity index (χ0n) is 9.24. The van der Waals surface area contributed by atoms with Crippen LogP contribution in [0.15, 0.2) is 18.2 Å². The van der Waals surface area contributed by atoms with Crippen LogP contribution in [0.2, 0.25) is 0 Å². The lowest BCUT2D eigenvalue weighted by molar-refractivity contribution is -0.138. The van der Waals surface area contributed by atoms with Crippen LogP contribution in [-0.4, -0.2) is 20.8 Å². The molecule has 0 aliphatic rings. The molecule has 0 saturated carbocycles. The Labute approximate surface area is 111 Å². The summed E-state index contributed by atoms with van der Waals surface area (Å²) in [6, 6.07) is 4.30. The molecular formula is C10H7ClF3NO3S. The molecule has 0 spiro atoms. The van der Waals surface area contributed by atoms with Gasteiger partial charge in [0.2, 0.25) is 9.05 Å². The highest BCUT2D eigenvalue weighted by atomic mass is 35.7. The molecule has 0 fully saturated rings. The van der Waals surface area contributed by atoms with Gasteiger partial charge in [0, 0.05) is 10.7 Å². The number of hydrogen-bond acceptors (Lipinski definition) is 4. The fourth-order valence-corrected chi connectivity index (χ4v) is 1.67. The lowest BCUT2D eigenvalue weighted by Crippen LogP contribution is -2.13. The summed E-state index contributed by atoms with van der Waals surface area (Å²) in [4.78, 5) is 0. The molecule has 0 amide bonds. The number of benzene rings is 1. The summed E-state index contributed by atoms with van der Waals surface area (Å²) in [6.45, 7) is -0.513. The van der Waals surface area contributed by atoms with E-state index in [1.807, 2.05) is 0 Å². The van der Waals surface area contributed by atoms with Gasteiger partial charge in [-0.2, -0.15) is 18.4 Å². The minimum atomic E-state index is -4.71. The van der Waals surface area contributed by atoms with Gasteiger partial charge in [0.1, 0.15) is 12.4 Å². The molecule has 0 aromatic heterocycles. The van der Waals surface area contributed by atoms with Gasteiger partial charge in [-0.25, -0.2) is 8.42 Å². The second-order valence-corrected chi connectivity index (χ2v) is 6.31. The molecule has 1 rings (SSSR count). The molecule has 0 saturated heterocycles. The SMILES string of the molecule is N#Cc1ccc(OCCS(=O)(=O)Cl)c(C(F)(F)F)c1. The molecule has 9 heteroatoms. The fourth-order valence-electron chi connectivity index (χ4n) is 1.20. The summed E-state index contributed by atoms with van der Waals surface area (Å²) >= 11 is 0. The first-order valence-corrected chi connectivity index (χ1v) is 7.28. The summed E-state index contributed by atoms with van der Waals surface area (Å²) < 4.78 is 64.1. The van der Waals surface area contributed by atoms with E-state index in [2.05, 4.69) is 0 Å². The maximum absolute atomic E-state index is 12.7. The Hall–Kier alpha value is -1.46. The van der Waals surface area contributed by atoms with Crippen LogP contribution < -0.4 is 4.74 Å². The summed E-state index contributed by atoms with van der Waals surface area (Å²) in [5, 5.41) is 8.55. The van der Waals surface area contributed by atoms with Gasteiger partial charge < -0.3 is 4.74 Å². The Kier molecular flexibility index (Phi) is 4.66. The van der Waals surface area contributed by atoms with Crippen molar-refractivity contribution in [1.29, 1.82) is 5.26 Å². The van der Waals surface area contributed by atoms with Gasteiger partial charge in [0.15, 0.2) is 0 Å². The molecule has 0 heterocycles. The van der Waals surface area contributed by atoms with E-state index in [0.29, 0.717) is 6.07 Å². The van der Waals surface area contributed by atoms with E-state index in [1.54, 1.807) is 6.07 Å². The average Bonchev–Trinajstić information content (AvgIpc) is 2.26. The molecule has 0 aliphatic carbocycles. The van der Waals surface area contributed by atoms with Crippen LogP contribution in [0.4, 0.5) is 13.2 Å². The third-order valence-corrected chi connectivity index (χ3v) is 3.12. The maximum Gasteiger partial charge on any atom is 0.420 e. The Bertz CT molecular complexity index is 607. The highest BCUT2D eigenvalue weighted by molar-refractivity contribution is 8.13. The Morgan fingerprint density at radius 3 is 2.47 bits per heavy atom. The third-order valence-electron chi connectivity index (χ3n) is 2.00. The van der Waals surface area contributed by atoms with Crippen molar-refractivity contribution in [2.24, 2.45) is 0 Å². The van der Waals surface area contributed by atoms with Crippen LogP contribution in [0.3, 0.4) is 0 Å². The maximum atomic E-state index is 12.7. The molecule has 1 aromatic carbocycles. The van der Waals surface area contributed by atoms with Crippen LogP contribution in [0.5, 0.6) is 5.75 Å². The van der Waals surface area contributed by atoms with Crippen LogP contribution in [0.25, 0.3) is 0 Å². The number of nitriles is 1. The minimum absolute atomic E-state index is 0.176. The molecule has 1 aromatic rings. The quantitative estimate of drug-likeness (QED) is 0.801. The molecule has 0 atom stereocenters. The smallest absolute Gasteiger partial charge is 0.420 e. The molecule has 0 unspecified atom stereocenters. The third kappa shape index (κ3) is 4.96. The van der Waals surface area contributed by atoms with Gasteiger partial charge in [-0.3, -0.25) is 0 Å². The topological polar surface area (TPSA) is 67.2 Å². The Morgan fingerprint density at radius 2 is 2.00 bits per heavy atom. The number of alkyl halides is 3. The average molecular weight is 314 g/mol. The molecule has 0 N–H and O–H groups in total. The van der Waals surface area contributed by atoms with E-state index in [9.17, 15) is 21.6 Å². The van der Waals surface area contributed by atoms with Crippen LogP contribution in [0, 0.1) is 11.3 Å². The fraction of sp³-hybridized carbons (Fsp3) is 0.300. The summed E-state index contributed by atoms with van der Waals surface area (Å²) in [5.74, 6) is -1.17. The van der Waals surface area contributed by atoms with Crippen LogP contribution >= 0.6 is 10.7 Å². The van der Waals surface area contributed by atoms with E-state index in [-0.39, 0.29) is 5.56 Å². The molecule has 0 bridgehead atoms. The van der Waals surface area contributed by atoms with Gasteiger partial charge in [0.25, 0.3) is 0 Å². The van der Waals surface area contributed by atoms with Crippen molar-refractivity contribution in [3.05, 3.63) is 29.3 Å². The molecule has 104 valence electrons. The number of rotatable bonds is 4. The largest absolute Gasteiger partial charge is 0.492 e. The van der Waals surface area contributed by atoms with Crippen molar-refractivity contribution in [3.8, 4) is 11.8 Å². The predicted molar refractivity (Wildman–Crippen MR) is 61.3 cm³/mol. The van der Waals surface area contributed by atoms with Gasteiger partial charge in [-0.15, -0.1) is 0 Å². The van der Waals surface area contributed by atoms with E-state index in [4.69, 9.17) is 20.7 Å².